The van der Waals surface area contributed by atoms with E-state index in [-0.39, 0.29) is 12.5 Å². The Morgan fingerprint density at radius 1 is 1.26 bits per heavy atom. The van der Waals surface area contributed by atoms with Crippen molar-refractivity contribution >= 4 is 5.97 Å². The molecule has 1 rings (SSSR count). The summed E-state index contributed by atoms with van der Waals surface area (Å²) in [4.78, 5) is 11.2. The molecule has 0 aliphatic carbocycles. The van der Waals surface area contributed by atoms with Crippen LogP contribution in [0.5, 0.6) is 0 Å². The molecule has 2 unspecified atom stereocenters. The van der Waals surface area contributed by atoms with Crippen molar-refractivity contribution in [1.82, 2.24) is 0 Å². The molecule has 0 fully saturated rings. The van der Waals surface area contributed by atoms with Gasteiger partial charge in [0.2, 0.25) is 0 Å². The van der Waals surface area contributed by atoms with Gasteiger partial charge in [-0.05, 0) is 61.8 Å². The number of benzene rings is 1. The summed E-state index contributed by atoms with van der Waals surface area (Å²) in [6.45, 7) is 8.64. The van der Waals surface area contributed by atoms with Crippen molar-refractivity contribution in [2.45, 2.75) is 46.5 Å². The van der Waals surface area contributed by atoms with Gasteiger partial charge in [-0.2, -0.15) is 0 Å². The van der Waals surface area contributed by atoms with Gasteiger partial charge in [-0.3, -0.25) is 4.79 Å². The summed E-state index contributed by atoms with van der Waals surface area (Å²) >= 11 is 0. The predicted octanol–water partition coefficient (Wildman–Crippen LogP) is 3.16. The zero-order valence-corrected chi connectivity index (χ0v) is 12.4. The highest BCUT2D eigenvalue weighted by molar-refractivity contribution is 5.70. The summed E-state index contributed by atoms with van der Waals surface area (Å²) in [6, 6.07) is 4.25. The number of nitrogens with two attached hydrogens (primary N) is 1. The van der Waals surface area contributed by atoms with E-state index in [4.69, 9.17) is 5.73 Å². The average Bonchev–Trinajstić information content (AvgIpc) is 2.37. The minimum atomic E-state index is -0.788. The third-order valence-corrected chi connectivity index (χ3v) is 4.11. The van der Waals surface area contributed by atoms with Crippen LogP contribution >= 0.6 is 0 Å². The van der Waals surface area contributed by atoms with Crippen LogP contribution < -0.4 is 5.73 Å². The fraction of sp³-hybridized carbons (Fsp3) is 0.562. The van der Waals surface area contributed by atoms with E-state index >= 15 is 0 Å². The highest BCUT2D eigenvalue weighted by atomic mass is 16.4. The molecular weight excluding hydrogens is 238 g/mol. The van der Waals surface area contributed by atoms with Crippen LogP contribution in [0, 0.1) is 26.7 Å². The van der Waals surface area contributed by atoms with Gasteiger partial charge < -0.3 is 10.8 Å². The second-order valence-electron chi connectivity index (χ2n) is 5.35. The zero-order valence-electron chi connectivity index (χ0n) is 12.4. The molecule has 0 aromatic heterocycles. The second kappa shape index (κ2) is 6.71. The van der Waals surface area contributed by atoms with Crippen molar-refractivity contribution in [3.05, 3.63) is 34.4 Å². The quantitative estimate of drug-likeness (QED) is 0.828. The maximum Gasteiger partial charge on any atom is 0.307 e. The molecule has 3 N–H and O–H groups in total. The Labute approximate surface area is 115 Å². The number of carboxylic acid groups (broad SMARTS) is 1. The van der Waals surface area contributed by atoms with E-state index < -0.39 is 11.9 Å². The van der Waals surface area contributed by atoms with Crippen molar-refractivity contribution in [2.75, 3.05) is 6.54 Å². The normalized spacial score (nSPS) is 14.2. The van der Waals surface area contributed by atoms with E-state index in [1.165, 1.54) is 22.3 Å². The van der Waals surface area contributed by atoms with E-state index in [0.29, 0.717) is 6.42 Å². The van der Waals surface area contributed by atoms with Gasteiger partial charge in [0, 0.05) is 6.54 Å². The largest absolute Gasteiger partial charge is 0.481 e. The Morgan fingerprint density at radius 2 is 1.84 bits per heavy atom. The molecule has 0 bridgehead atoms. The lowest BCUT2D eigenvalue weighted by molar-refractivity contribution is -0.141. The Bertz CT molecular complexity index is 454. The molecule has 19 heavy (non-hydrogen) atoms. The molecule has 0 saturated heterocycles. The Balaban J connectivity index is 3.10. The number of hydrogen-bond donors (Lipinski definition) is 2. The molecule has 0 saturated carbocycles. The van der Waals surface area contributed by atoms with Gasteiger partial charge in [0.05, 0.1) is 5.92 Å². The van der Waals surface area contributed by atoms with Crippen LogP contribution in [0.3, 0.4) is 0 Å². The number of carboxylic acids is 1. The molecule has 0 aliphatic rings. The molecule has 1 aromatic carbocycles. The molecule has 1 aromatic rings. The van der Waals surface area contributed by atoms with Crippen LogP contribution in [0.15, 0.2) is 12.1 Å². The number of rotatable bonds is 6. The van der Waals surface area contributed by atoms with Gasteiger partial charge >= 0.3 is 5.97 Å². The van der Waals surface area contributed by atoms with Crippen molar-refractivity contribution in [1.29, 1.82) is 0 Å². The van der Waals surface area contributed by atoms with Crippen molar-refractivity contribution in [3.8, 4) is 0 Å². The van der Waals surface area contributed by atoms with Crippen molar-refractivity contribution < 1.29 is 9.90 Å². The molecule has 3 heteroatoms. The fourth-order valence-electron chi connectivity index (χ4n) is 2.73. The molecule has 0 spiro atoms. The third-order valence-electron chi connectivity index (χ3n) is 4.11. The Kier molecular flexibility index (Phi) is 5.55. The highest BCUT2D eigenvalue weighted by Crippen LogP contribution is 2.33. The third kappa shape index (κ3) is 3.57. The van der Waals surface area contributed by atoms with E-state index in [9.17, 15) is 9.90 Å². The van der Waals surface area contributed by atoms with Gasteiger partial charge in [-0.25, -0.2) is 0 Å². The SMILES string of the molecule is CCC(CC(CN)C(=O)O)c1c(C)ccc(C)c1C. The lowest BCUT2D eigenvalue weighted by Crippen LogP contribution is -2.25. The van der Waals surface area contributed by atoms with E-state index in [1.807, 2.05) is 0 Å². The maximum absolute atomic E-state index is 11.2. The molecule has 0 amide bonds. The van der Waals surface area contributed by atoms with Crippen LogP contribution in [-0.4, -0.2) is 17.6 Å². The molecule has 0 radical (unpaired) electrons. The van der Waals surface area contributed by atoms with Gasteiger partial charge in [-0.15, -0.1) is 0 Å². The molecule has 0 heterocycles. The number of aliphatic carboxylic acids is 1. The zero-order chi connectivity index (χ0) is 14.6. The maximum atomic E-state index is 11.2. The summed E-state index contributed by atoms with van der Waals surface area (Å²) < 4.78 is 0. The lowest BCUT2D eigenvalue weighted by atomic mass is 9.81. The number of carbonyl (C=O) groups is 1. The summed E-state index contributed by atoms with van der Waals surface area (Å²) in [6.07, 6.45) is 1.56. The van der Waals surface area contributed by atoms with Crippen molar-refractivity contribution in [3.63, 3.8) is 0 Å². The monoisotopic (exact) mass is 263 g/mol. The van der Waals surface area contributed by atoms with Crippen LogP contribution in [0.2, 0.25) is 0 Å². The molecular formula is C16H25NO2. The molecule has 2 atom stereocenters. The topological polar surface area (TPSA) is 63.3 Å². The minimum absolute atomic E-state index is 0.204. The van der Waals surface area contributed by atoms with Crippen LogP contribution in [0.25, 0.3) is 0 Å². The van der Waals surface area contributed by atoms with Gasteiger partial charge in [0.15, 0.2) is 0 Å². The first kappa shape index (κ1) is 15.7. The first-order valence-electron chi connectivity index (χ1n) is 6.91. The minimum Gasteiger partial charge on any atom is -0.481 e. The summed E-state index contributed by atoms with van der Waals surface area (Å²) in [5, 5.41) is 9.18. The van der Waals surface area contributed by atoms with Gasteiger partial charge in [-0.1, -0.05) is 19.1 Å². The van der Waals surface area contributed by atoms with Gasteiger partial charge in [0.25, 0.3) is 0 Å². The number of hydrogen-bond acceptors (Lipinski definition) is 2. The fourth-order valence-corrected chi connectivity index (χ4v) is 2.73. The first-order valence-corrected chi connectivity index (χ1v) is 6.91. The molecule has 3 nitrogen and oxygen atoms in total. The standard InChI is InChI=1S/C16H25NO2/c1-5-13(8-14(9-17)16(18)19)15-11(3)7-6-10(2)12(15)4/h6-7,13-14H,5,8-9,17H2,1-4H3,(H,18,19). The van der Waals surface area contributed by atoms with Crippen LogP contribution in [-0.2, 0) is 4.79 Å². The average molecular weight is 263 g/mol. The first-order chi connectivity index (χ1) is 8.92. The van der Waals surface area contributed by atoms with E-state index in [2.05, 4.69) is 39.8 Å². The molecule has 0 aliphatic heterocycles. The predicted molar refractivity (Wildman–Crippen MR) is 78.5 cm³/mol. The molecule has 106 valence electrons. The Hall–Kier alpha value is -1.35. The smallest absolute Gasteiger partial charge is 0.307 e. The van der Waals surface area contributed by atoms with E-state index in [1.54, 1.807) is 0 Å². The second-order valence-corrected chi connectivity index (χ2v) is 5.35. The van der Waals surface area contributed by atoms with Crippen LogP contribution in [0.1, 0.15) is 47.9 Å². The summed E-state index contributed by atoms with van der Waals surface area (Å²) in [5.74, 6) is -0.974. The highest BCUT2D eigenvalue weighted by Gasteiger charge is 2.23. The van der Waals surface area contributed by atoms with Crippen molar-refractivity contribution in [2.24, 2.45) is 11.7 Å². The lowest BCUT2D eigenvalue weighted by Gasteiger charge is -2.24. The van der Waals surface area contributed by atoms with Gasteiger partial charge in [0.1, 0.15) is 0 Å². The van der Waals surface area contributed by atoms with E-state index in [0.717, 1.165) is 6.42 Å². The summed E-state index contributed by atoms with van der Waals surface area (Å²) in [5.41, 5.74) is 10.7. The van der Waals surface area contributed by atoms with Crippen LogP contribution in [0.4, 0.5) is 0 Å². The Morgan fingerprint density at radius 3 is 2.32 bits per heavy atom. The summed E-state index contributed by atoms with van der Waals surface area (Å²) in [7, 11) is 0. The number of aryl methyl sites for hydroxylation is 2.